The van der Waals surface area contributed by atoms with E-state index in [-0.39, 0.29) is 0 Å². The minimum Gasteiger partial charge on any atom is -0.385 e. The Kier molecular flexibility index (Phi) is 3.97. The number of hydrogen-bond acceptors (Lipinski definition) is 4. The zero-order valence-corrected chi connectivity index (χ0v) is 10.6. The number of hydrogen-bond donors (Lipinski definition) is 1. The number of nitriles is 1. The van der Waals surface area contributed by atoms with Gasteiger partial charge in [0, 0.05) is 30.2 Å². The SMILES string of the molecule is N#Cc1ccc(NCCc2nccs2)cc1Cl. The van der Waals surface area contributed by atoms with E-state index in [4.69, 9.17) is 16.9 Å². The smallest absolute Gasteiger partial charge is 0.101 e. The maximum atomic E-state index is 8.75. The van der Waals surface area contributed by atoms with Gasteiger partial charge in [-0.05, 0) is 18.2 Å². The van der Waals surface area contributed by atoms with Crippen molar-refractivity contribution in [3.8, 4) is 6.07 Å². The summed E-state index contributed by atoms with van der Waals surface area (Å²) in [6, 6.07) is 7.37. The zero-order valence-electron chi connectivity index (χ0n) is 8.98. The predicted octanol–water partition coefficient (Wildman–Crippen LogP) is 3.32. The van der Waals surface area contributed by atoms with Crippen molar-refractivity contribution in [3.05, 3.63) is 45.4 Å². The van der Waals surface area contributed by atoms with E-state index in [0.717, 1.165) is 23.7 Å². The van der Waals surface area contributed by atoms with Gasteiger partial charge in [-0.25, -0.2) is 4.98 Å². The van der Waals surface area contributed by atoms with E-state index < -0.39 is 0 Å². The highest BCUT2D eigenvalue weighted by Crippen LogP contribution is 2.20. The van der Waals surface area contributed by atoms with Crippen LogP contribution in [0.25, 0.3) is 0 Å². The van der Waals surface area contributed by atoms with Gasteiger partial charge in [0.25, 0.3) is 0 Å². The third kappa shape index (κ3) is 3.19. The molecule has 5 heteroatoms. The lowest BCUT2D eigenvalue weighted by Gasteiger charge is -2.05. The number of aromatic nitrogens is 1. The largest absolute Gasteiger partial charge is 0.385 e. The molecule has 2 rings (SSSR count). The summed E-state index contributed by atoms with van der Waals surface area (Å²) in [5, 5.41) is 15.5. The Balaban J connectivity index is 1.91. The summed E-state index contributed by atoms with van der Waals surface area (Å²) in [5.74, 6) is 0. The zero-order chi connectivity index (χ0) is 12.1. The molecule has 3 nitrogen and oxygen atoms in total. The molecular weight excluding hydrogens is 254 g/mol. The molecule has 0 saturated carbocycles. The minimum absolute atomic E-state index is 0.478. The van der Waals surface area contributed by atoms with Gasteiger partial charge in [-0.2, -0.15) is 5.26 Å². The van der Waals surface area contributed by atoms with Crippen LogP contribution in [0.5, 0.6) is 0 Å². The van der Waals surface area contributed by atoms with E-state index >= 15 is 0 Å². The van der Waals surface area contributed by atoms with Gasteiger partial charge in [-0.3, -0.25) is 0 Å². The second-order valence-corrected chi connectivity index (χ2v) is 4.80. The Morgan fingerprint density at radius 3 is 3.00 bits per heavy atom. The van der Waals surface area contributed by atoms with Gasteiger partial charge in [0.15, 0.2) is 0 Å². The van der Waals surface area contributed by atoms with Crippen molar-refractivity contribution in [2.75, 3.05) is 11.9 Å². The van der Waals surface area contributed by atoms with Crippen molar-refractivity contribution in [1.29, 1.82) is 5.26 Å². The lowest BCUT2D eigenvalue weighted by atomic mass is 10.2. The number of nitrogens with one attached hydrogen (secondary N) is 1. The molecule has 0 aliphatic heterocycles. The Morgan fingerprint density at radius 2 is 2.35 bits per heavy atom. The number of thiazole rings is 1. The first-order valence-electron chi connectivity index (χ1n) is 5.11. The van der Waals surface area contributed by atoms with E-state index in [1.165, 1.54) is 0 Å². The highest BCUT2D eigenvalue weighted by atomic mass is 35.5. The molecule has 0 bridgehead atoms. The molecule has 1 aromatic carbocycles. The van der Waals surface area contributed by atoms with Gasteiger partial charge in [0.1, 0.15) is 6.07 Å². The third-order valence-corrected chi connectivity index (χ3v) is 3.39. The fourth-order valence-corrected chi connectivity index (χ4v) is 2.25. The fraction of sp³-hybridized carbons (Fsp3) is 0.167. The Hall–Kier alpha value is -1.57. The van der Waals surface area contributed by atoms with Crippen LogP contribution in [0.2, 0.25) is 5.02 Å². The molecular formula is C12H10ClN3S. The number of anilines is 1. The summed E-state index contributed by atoms with van der Waals surface area (Å²) in [5.41, 5.74) is 1.42. The van der Waals surface area contributed by atoms with Crippen LogP contribution < -0.4 is 5.32 Å². The van der Waals surface area contributed by atoms with E-state index in [2.05, 4.69) is 10.3 Å². The van der Waals surface area contributed by atoms with Crippen molar-refractivity contribution in [2.24, 2.45) is 0 Å². The first-order chi connectivity index (χ1) is 8.29. The molecule has 0 aliphatic rings. The molecule has 0 spiro atoms. The summed E-state index contributed by atoms with van der Waals surface area (Å²) in [6.45, 7) is 0.801. The molecule has 0 radical (unpaired) electrons. The fourth-order valence-electron chi connectivity index (χ4n) is 1.41. The summed E-state index contributed by atoms with van der Waals surface area (Å²) in [7, 11) is 0. The standard InChI is InChI=1S/C12H10ClN3S/c13-11-7-10(2-1-9(11)8-14)15-4-3-12-16-5-6-17-12/h1-2,5-7,15H,3-4H2. The first-order valence-corrected chi connectivity index (χ1v) is 6.37. The Bertz CT molecular complexity index is 531. The molecule has 2 aromatic rings. The molecule has 1 aromatic heterocycles. The van der Waals surface area contributed by atoms with Gasteiger partial charge in [-0.15, -0.1) is 11.3 Å². The number of halogens is 1. The predicted molar refractivity (Wildman–Crippen MR) is 70.5 cm³/mol. The average Bonchev–Trinajstić information content (AvgIpc) is 2.82. The molecule has 0 fully saturated rings. The van der Waals surface area contributed by atoms with Crippen LogP contribution in [0.15, 0.2) is 29.8 Å². The van der Waals surface area contributed by atoms with Crippen LogP contribution >= 0.6 is 22.9 Å². The van der Waals surface area contributed by atoms with E-state index in [0.29, 0.717) is 10.6 Å². The monoisotopic (exact) mass is 263 g/mol. The lowest BCUT2D eigenvalue weighted by molar-refractivity contribution is 0.998. The molecule has 0 aliphatic carbocycles. The van der Waals surface area contributed by atoms with Gasteiger partial charge in [0.2, 0.25) is 0 Å². The van der Waals surface area contributed by atoms with E-state index in [1.807, 2.05) is 17.5 Å². The van der Waals surface area contributed by atoms with Gasteiger partial charge in [0.05, 0.1) is 15.6 Å². The molecule has 0 saturated heterocycles. The van der Waals surface area contributed by atoms with Gasteiger partial charge in [-0.1, -0.05) is 11.6 Å². The van der Waals surface area contributed by atoms with Crippen molar-refractivity contribution in [3.63, 3.8) is 0 Å². The summed E-state index contributed by atoms with van der Waals surface area (Å²) < 4.78 is 0. The lowest BCUT2D eigenvalue weighted by Crippen LogP contribution is -2.04. The van der Waals surface area contributed by atoms with Crippen LogP contribution in [-0.4, -0.2) is 11.5 Å². The normalized spacial score (nSPS) is 9.88. The number of rotatable bonds is 4. The molecule has 0 atom stereocenters. The van der Waals surface area contributed by atoms with Crippen LogP contribution in [0.3, 0.4) is 0 Å². The summed E-state index contributed by atoms with van der Waals surface area (Å²) in [4.78, 5) is 4.20. The van der Waals surface area contributed by atoms with E-state index in [1.54, 1.807) is 29.7 Å². The number of nitrogens with zero attached hydrogens (tertiary/aromatic N) is 2. The van der Waals surface area contributed by atoms with Crippen LogP contribution in [0.4, 0.5) is 5.69 Å². The van der Waals surface area contributed by atoms with Gasteiger partial charge < -0.3 is 5.32 Å². The second-order valence-electron chi connectivity index (χ2n) is 3.41. The quantitative estimate of drug-likeness (QED) is 0.921. The van der Waals surface area contributed by atoms with Crippen molar-refractivity contribution < 1.29 is 0 Å². The van der Waals surface area contributed by atoms with Crippen LogP contribution in [0.1, 0.15) is 10.6 Å². The summed E-state index contributed by atoms with van der Waals surface area (Å²) >= 11 is 7.58. The highest BCUT2D eigenvalue weighted by molar-refractivity contribution is 7.09. The highest BCUT2D eigenvalue weighted by Gasteiger charge is 2.01. The molecule has 0 amide bonds. The second kappa shape index (κ2) is 5.67. The van der Waals surface area contributed by atoms with Crippen molar-refractivity contribution in [2.45, 2.75) is 6.42 Å². The molecule has 86 valence electrons. The minimum atomic E-state index is 0.478. The summed E-state index contributed by atoms with van der Waals surface area (Å²) in [6.07, 6.45) is 2.69. The molecule has 1 N–H and O–H groups in total. The van der Waals surface area contributed by atoms with Crippen LogP contribution in [-0.2, 0) is 6.42 Å². The molecule has 0 unspecified atom stereocenters. The maximum absolute atomic E-state index is 8.75. The maximum Gasteiger partial charge on any atom is 0.101 e. The van der Waals surface area contributed by atoms with Crippen molar-refractivity contribution in [1.82, 2.24) is 4.98 Å². The molecule has 1 heterocycles. The van der Waals surface area contributed by atoms with E-state index in [9.17, 15) is 0 Å². The topological polar surface area (TPSA) is 48.7 Å². The Labute approximate surface area is 109 Å². The van der Waals surface area contributed by atoms with Crippen LogP contribution in [0, 0.1) is 11.3 Å². The number of benzene rings is 1. The Morgan fingerprint density at radius 1 is 1.47 bits per heavy atom. The van der Waals surface area contributed by atoms with Gasteiger partial charge >= 0.3 is 0 Å². The first kappa shape index (κ1) is 11.9. The average molecular weight is 264 g/mol. The molecule has 17 heavy (non-hydrogen) atoms. The van der Waals surface area contributed by atoms with Crippen molar-refractivity contribution >= 4 is 28.6 Å². The third-order valence-electron chi connectivity index (χ3n) is 2.24.